The number of hydrogen-bond donors (Lipinski definition) is 1. The molecule has 0 aliphatic carbocycles. The summed E-state index contributed by atoms with van der Waals surface area (Å²) in [4.78, 5) is 32.3. The molecule has 1 aliphatic rings. The lowest BCUT2D eigenvalue weighted by molar-refractivity contribution is 0.0786. The summed E-state index contributed by atoms with van der Waals surface area (Å²) in [5.74, 6) is -0.196. The summed E-state index contributed by atoms with van der Waals surface area (Å²) in [6, 6.07) is 15.5. The van der Waals surface area contributed by atoms with Gasteiger partial charge in [0, 0.05) is 32.4 Å². The number of carbonyl (C=O) groups is 1. The molecule has 5 rings (SSSR count). The van der Waals surface area contributed by atoms with Crippen molar-refractivity contribution in [1.82, 2.24) is 19.5 Å². The van der Waals surface area contributed by atoms with Crippen molar-refractivity contribution in [2.24, 2.45) is 0 Å². The van der Waals surface area contributed by atoms with E-state index < -0.39 is 0 Å². The molecule has 1 amide bonds. The van der Waals surface area contributed by atoms with E-state index in [-0.39, 0.29) is 11.5 Å². The van der Waals surface area contributed by atoms with Crippen molar-refractivity contribution in [3.05, 3.63) is 76.2 Å². The molecule has 0 atom stereocenters. The van der Waals surface area contributed by atoms with Crippen LogP contribution in [0.1, 0.15) is 15.9 Å². The first kappa shape index (κ1) is 19.3. The van der Waals surface area contributed by atoms with E-state index in [4.69, 9.17) is 4.74 Å². The number of ether oxygens (including phenoxy) is 1. The molecule has 2 aromatic carbocycles. The lowest BCUT2D eigenvalue weighted by atomic mass is 10.1. The molecule has 8 heteroatoms. The van der Waals surface area contributed by atoms with Gasteiger partial charge in [-0.05, 0) is 29.8 Å². The van der Waals surface area contributed by atoms with Crippen molar-refractivity contribution < 1.29 is 9.53 Å². The minimum Gasteiger partial charge on any atom is -0.378 e. The lowest BCUT2D eigenvalue weighted by Crippen LogP contribution is -2.36. The summed E-state index contributed by atoms with van der Waals surface area (Å²) >= 11 is 0. The van der Waals surface area contributed by atoms with Gasteiger partial charge in [-0.2, -0.15) is 5.10 Å². The van der Waals surface area contributed by atoms with E-state index in [0.717, 1.165) is 37.6 Å². The fraction of sp³-hybridized carbons (Fsp3) is 0.261. The molecular formula is C23H23N5O3. The van der Waals surface area contributed by atoms with Gasteiger partial charge in [-0.1, -0.05) is 24.3 Å². The number of rotatable bonds is 4. The maximum Gasteiger partial charge on any atom is 0.259 e. The summed E-state index contributed by atoms with van der Waals surface area (Å²) < 4.78 is 7.01. The van der Waals surface area contributed by atoms with Gasteiger partial charge in [0.15, 0.2) is 0 Å². The van der Waals surface area contributed by atoms with E-state index in [1.165, 1.54) is 6.20 Å². The first-order chi connectivity index (χ1) is 15.1. The maximum atomic E-state index is 13.1. The molecule has 1 fully saturated rings. The van der Waals surface area contributed by atoms with Gasteiger partial charge in [0.1, 0.15) is 11.2 Å². The minimum absolute atomic E-state index is 0.196. The van der Waals surface area contributed by atoms with E-state index >= 15 is 0 Å². The Morgan fingerprint density at radius 2 is 1.87 bits per heavy atom. The summed E-state index contributed by atoms with van der Waals surface area (Å²) in [6.45, 7) is 3.72. The third kappa shape index (κ3) is 3.55. The second-order valence-electron chi connectivity index (χ2n) is 7.72. The smallest absolute Gasteiger partial charge is 0.259 e. The summed E-state index contributed by atoms with van der Waals surface area (Å²) in [7, 11) is 1.75. The van der Waals surface area contributed by atoms with Crippen LogP contribution in [0.5, 0.6) is 0 Å². The zero-order valence-electron chi connectivity index (χ0n) is 17.2. The molecule has 3 heterocycles. The fourth-order valence-electron chi connectivity index (χ4n) is 4.02. The number of morpholine rings is 1. The van der Waals surface area contributed by atoms with E-state index in [2.05, 4.69) is 27.1 Å². The number of nitrogens with one attached hydrogen (secondary N) is 1. The summed E-state index contributed by atoms with van der Waals surface area (Å²) in [6.07, 6.45) is 1.51. The zero-order valence-corrected chi connectivity index (χ0v) is 17.2. The van der Waals surface area contributed by atoms with Gasteiger partial charge in [0.05, 0.1) is 30.3 Å². The first-order valence-corrected chi connectivity index (χ1v) is 10.3. The molecule has 0 radical (unpaired) electrons. The minimum atomic E-state index is -0.237. The number of nitrogens with zero attached hydrogens (tertiary/aromatic N) is 4. The van der Waals surface area contributed by atoms with Crippen molar-refractivity contribution in [1.29, 1.82) is 0 Å². The lowest BCUT2D eigenvalue weighted by Gasteiger charge is -2.29. The van der Waals surface area contributed by atoms with Gasteiger partial charge < -0.3 is 19.5 Å². The molecule has 1 saturated heterocycles. The van der Waals surface area contributed by atoms with Gasteiger partial charge in [-0.15, -0.1) is 0 Å². The second-order valence-corrected chi connectivity index (χ2v) is 7.72. The van der Waals surface area contributed by atoms with Crippen LogP contribution in [0.25, 0.3) is 16.6 Å². The molecule has 0 saturated carbocycles. The van der Waals surface area contributed by atoms with Crippen molar-refractivity contribution in [3.63, 3.8) is 0 Å². The number of aromatic nitrogens is 3. The molecular weight excluding hydrogens is 394 g/mol. The average molecular weight is 417 g/mol. The van der Waals surface area contributed by atoms with E-state index in [0.29, 0.717) is 28.7 Å². The molecule has 2 aromatic heterocycles. The number of benzene rings is 2. The average Bonchev–Trinajstić information content (AvgIpc) is 3.23. The highest BCUT2D eigenvalue weighted by Gasteiger charge is 2.20. The van der Waals surface area contributed by atoms with Crippen LogP contribution in [0.3, 0.4) is 0 Å². The van der Waals surface area contributed by atoms with Gasteiger partial charge >= 0.3 is 0 Å². The third-order valence-electron chi connectivity index (χ3n) is 5.69. The number of amides is 1. The van der Waals surface area contributed by atoms with Gasteiger partial charge in [0.2, 0.25) is 0 Å². The Morgan fingerprint density at radius 1 is 1.13 bits per heavy atom. The Balaban J connectivity index is 1.38. The molecule has 0 spiro atoms. The number of fused-ring (bicyclic) bond motifs is 3. The molecule has 158 valence electrons. The Bertz CT molecular complexity index is 1300. The van der Waals surface area contributed by atoms with Crippen LogP contribution in [0, 0.1) is 0 Å². The topological polar surface area (TPSA) is 82.9 Å². The van der Waals surface area contributed by atoms with Crippen molar-refractivity contribution >= 4 is 28.1 Å². The van der Waals surface area contributed by atoms with Crippen LogP contribution >= 0.6 is 0 Å². The van der Waals surface area contributed by atoms with Crippen LogP contribution in [0.4, 0.5) is 5.69 Å². The number of hydrogen-bond acceptors (Lipinski definition) is 5. The number of anilines is 1. The van der Waals surface area contributed by atoms with Crippen LogP contribution in [0.15, 0.2) is 59.5 Å². The summed E-state index contributed by atoms with van der Waals surface area (Å²) in [5, 5.41) is 4.88. The Morgan fingerprint density at radius 3 is 2.65 bits per heavy atom. The second kappa shape index (κ2) is 7.88. The monoisotopic (exact) mass is 417 g/mol. The van der Waals surface area contributed by atoms with E-state index in [1.54, 1.807) is 28.6 Å². The fourth-order valence-corrected chi connectivity index (χ4v) is 4.02. The highest BCUT2D eigenvalue weighted by molar-refractivity contribution is 6.00. The predicted molar refractivity (Wildman–Crippen MR) is 119 cm³/mol. The molecule has 31 heavy (non-hydrogen) atoms. The molecule has 0 bridgehead atoms. The number of carbonyl (C=O) groups excluding carboxylic acids is 1. The van der Waals surface area contributed by atoms with Gasteiger partial charge in [-0.3, -0.25) is 9.59 Å². The van der Waals surface area contributed by atoms with Crippen molar-refractivity contribution in [2.45, 2.75) is 6.54 Å². The molecule has 1 aliphatic heterocycles. The molecule has 1 N–H and O–H groups in total. The number of aromatic amines is 1. The SMILES string of the molecule is CN(Cc1ccc(N2CCOCC2)cc1)C(=O)c1cnn2c1[nH]c(=O)c1ccccc12. The predicted octanol–water partition coefficient (Wildman–Crippen LogP) is 2.28. The standard InChI is InChI=1S/C23H23N5O3/c1-26(15-16-6-8-17(9-7-16)27-10-12-31-13-11-27)23(30)19-14-24-28-20-5-3-2-4-18(20)22(29)25-21(19)28/h2-9,14H,10-13,15H2,1H3,(H,25,29). The zero-order chi connectivity index (χ0) is 21.4. The quantitative estimate of drug-likeness (QED) is 0.551. The van der Waals surface area contributed by atoms with Crippen LogP contribution in [-0.2, 0) is 11.3 Å². The molecule has 4 aromatic rings. The van der Waals surface area contributed by atoms with Gasteiger partial charge in [-0.25, -0.2) is 4.52 Å². The van der Waals surface area contributed by atoms with Crippen LogP contribution < -0.4 is 10.5 Å². The Kier molecular flexibility index (Phi) is 4.91. The first-order valence-electron chi connectivity index (χ1n) is 10.3. The maximum absolute atomic E-state index is 13.1. The summed E-state index contributed by atoms with van der Waals surface area (Å²) in [5.41, 5.74) is 3.40. The Labute approximate surface area is 178 Å². The molecule has 0 unspecified atom stereocenters. The van der Waals surface area contributed by atoms with Crippen LogP contribution in [0.2, 0.25) is 0 Å². The Hall–Kier alpha value is -3.65. The van der Waals surface area contributed by atoms with Gasteiger partial charge in [0.25, 0.3) is 11.5 Å². The van der Waals surface area contributed by atoms with E-state index in [1.807, 2.05) is 24.3 Å². The normalized spacial score (nSPS) is 14.3. The number of H-pyrrole nitrogens is 1. The largest absolute Gasteiger partial charge is 0.378 e. The van der Waals surface area contributed by atoms with E-state index in [9.17, 15) is 9.59 Å². The highest BCUT2D eigenvalue weighted by Crippen LogP contribution is 2.19. The number of para-hydroxylation sites is 1. The van der Waals surface area contributed by atoms with Crippen molar-refractivity contribution in [3.8, 4) is 0 Å². The van der Waals surface area contributed by atoms with Crippen molar-refractivity contribution in [2.75, 3.05) is 38.3 Å². The highest BCUT2D eigenvalue weighted by atomic mass is 16.5. The third-order valence-corrected chi connectivity index (χ3v) is 5.69. The van der Waals surface area contributed by atoms with Crippen LogP contribution in [-0.4, -0.2) is 58.8 Å². The molecule has 8 nitrogen and oxygen atoms in total.